The minimum atomic E-state index is -1.43. The Morgan fingerprint density at radius 2 is 1.80 bits per heavy atom. The van der Waals surface area contributed by atoms with Crippen LogP contribution in [0, 0.1) is 5.41 Å². The van der Waals surface area contributed by atoms with Gasteiger partial charge in [0.15, 0.2) is 0 Å². The predicted molar refractivity (Wildman–Crippen MR) is 67.3 cm³/mol. The van der Waals surface area contributed by atoms with E-state index in [0.717, 1.165) is 6.92 Å². The fourth-order valence-corrected chi connectivity index (χ4v) is 1.07. The highest BCUT2D eigenvalue weighted by Gasteiger charge is 2.32. The summed E-state index contributed by atoms with van der Waals surface area (Å²) in [6.07, 6.45) is -3.11. The van der Waals surface area contributed by atoms with Gasteiger partial charge in [-0.15, -0.1) is 0 Å². The highest BCUT2D eigenvalue weighted by molar-refractivity contribution is 5.88. The third-order valence-electron chi connectivity index (χ3n) is 2.58. The first-order valence-electron chi connectivity index (χ1n) is 6.11. The number of esters is 2. The number of rotatable bonds is 7. The first kappa shape index (κ1) is 18.5. The van der Waals surface area contributed by atoms with E-state index in [0.29, 0.717) is 0 Å². The zero-order chi connectivity index (χ0) is 15.9. The fraction of sp³-hybridized carbons (Fsp3) is 0.750. The third kappa shape index (κ3) is 6.09. The summed E-state index contributed by atoms with van der Waals surface area (Å²) in [5.41, 5.74) is -1.01. The number of hydrogen-bond acceptors (Lipinski definition) is 7. The number of carbonyl (C=O) groups is 3. The molecular formula is C12H21NO7. The Hall–Kier alpha value is -1.51. The molecule has 0 aromatic heterocycles. The molecule has 0 saturated heterocycles. The molecule has 0 spiro atoms. The molecule has 0 bridgehead atoms. The van der Waals surface area contributed by atoms with Gasteiger partial charge in [-0.3, -0.25) is 9.59 Å². The molecule has 0 aromatic rings. The SMILES string of the molecule is CC(O)C(=O)OC(=O)CCNC(=O)[C@H](O)C(C)(C)CO. The summed E-state index contributed by atoms with van der Waals surface area (Å²) in [5.74, 6) is -2.70. The van der Waals surface area contributed by atoms with Crippen molar-refractivity contribution < 1.29 is 34.4 Å². The number of aliphatic hydroxyl groups excluding tert-OH is 3. The van der Waals surface area contributed by atoms with E-state index in [1.807, 2.05) is 0 Å². The summed E-state index contributed by atoms with van der Waals surface area (Å²) >= 11 is 0. The Kier molecular flexibility index (Phi) is 7.33. The topological polar surface area (TPSA) is 133 Å². The van der Waals surface area contributed by atoms with Crippen molar-refractivity contribution in [3.8, 4) is 0 Å². The van der Waals surface area contributed by atoms with Crippen LogP contribution >= 0.6 is 0 Å². The van der Waals surface area contributed by atoms with Gasteiger partial charge in [0.05, 0.1) is 13.0 Å². The molecule has 0 rings (SSSR count). The van der Waals surface area contributed by atoms with Crippen molar-refractivity contribution in [2.75, 3.05) is 13.2 Å². The van der Waals surface area contributed by atoms with Crippen LogP contribution < -0.4 is 5.32 Å². The molecule has 0 aromatic carbocycles. The zero-order valence-electron chi connectivity index (χ0n) is 11.8. The quantitative estimate of drug-likeness (QED) is 0.325. The van der Waals surface area contributed by atoms with Gasteiger partial charge in [-0.05, 0) is 6.92 Å². The second kappa shape index (κ2) is 7.93. The Morgan fingerprint density at radius 1 is 1.25 bits per heavy atom. The Morgan fingerprint density at radius 3 is 2.25 bits per heavy atom. The van der Waals surface area contributed by atoms with Gasteiger partial charge >= 0.3 is 11.9 Å². The second-order valence-corrected chi connectivity index (χ2v) is 5.06. The summed E-state index contributed by atoms with van der Waals surface area (Å²) < 4.78 is 4.26. The first-order chi connectivity index (χ1) is 9.11. The van der Waals surface area contributed by atoms with E-state index in [-0.39, 0.29) is 19.6 Å². The van der Waals surface area contributed by atoms with Gasteiger partial charge in [0.2, 0.25) is 5.91 Å². The molecule has 0 heterocycles. The molecule has 0 fully saturated rings. The van der Waals surface area contributed by atoms with E-state index in [1.54, 1.807) is 0 Å². The van der Waals surface area contributed by atoms with Crippen molar-refractivity contribution in [2.24, 2.45) is 5.41 Å². The van der Waals surface area contributed by atoms with E-state index in [4.69, 9.17) is 10.2 Å². The Balaban J connectivity index is 4.10. The monoisotopic (exact) mass is 291 g/mol. The molecule has 1 unspecified atom stereocenters. The second-order valence-electron chi connectivity index (χ2n) is 5.06. The Bertz CT molecular complexity index is 365. The molecule has 20 heavy (non-hydrogen) atoms. The average Bonchev–Trinajstić information content (AvgIpc) is 2.37. The molecule has 8 nitrogen and oxygen atoms in total. The number of aliphatic hydroxyl groups is 3. The number of carbonyl (C=O) groups excluding carboxylic acids is 3. The summed E-state index contributed by atoms with van der Waals surface area (Å²) in [5, 5.41) is 29.8. The molecule has 0 aliphatic carbocycles. The van der Waals surface area contributed by atoms with Gasteiger partial charge in [0.1, 0.15) is 12.2 Å². The van der Waals surface area contributed by atoms with E-state index < -0.39 is 35.5 Å². The molecule has 116 valence electrons. The van der Waals surface area contributed by atoms with Crippen LogP contribution in [0.25, 0.3) is 0 Å². The lowest BCUT2D eigenvalue weighted by Gasteiger charge is -2.27. The van der Waals surface area contributed by atoms with Crippen LogP contribution in [0.15, 0.2) is 0 Å². The third-order valence-corrected chi connectivity index (χ3v) is 2.58. The normalized spacial score (nSPS) is 14.3. The zero-order valence-corrected chi connectivity index (χ0v) is 11.8. The average molecular weight is 291 g/mol. The smallest absolute Gasteiger partial charge is 0.342 e. The van der Waals surface area contributed by atoms with Gasteiger partial charge in [-0.2, -0.15) is 0 Å². The summed E-state index contributed by atoms with van der Waals surface area (Å²) in [6, 6.07) is 0. The maximum absolute atomic E-state index is 11.5. The van der Waals surface area contributed by atoms with Crippen LogP contribution in [0.1, 0.15) is 27.2 Å². The first-order valence-corrected chi connectivity index (χ1v) is 6.11. The predicted octanol–water partition coefficient (Wildman–Crippen LogP) is -1.68. The molecule has 8 heteroatoms. The van der Waals surface area contributed by atoms with Crippen molar-refractivity contribution in [3.63, 3.8) is 0 Å². The summed E-state index contributed by atoms with van der Waals surface area (Å²) in [4.78, 5) is 33.6. The molecule has 0 aliphatic rings. The van der Waals surface area contributed by atoms with Gasteiger partial charge in [0.25, 0.3) is 0 Å². The van der Waals surface area contributed by atoms with Crippen LogP contribution in [-0.4, -0.2) is 58.5 Å². The minimum Gasteiger partial charge on any atom is -0.396 e. The fourth-order valence-electron chi connectivity index (χ4n) is 1.07. The van der Waals surface area contributed by atoms with E-state index in [9.17, 15) is 19.5 Å². The molecule has 1 amide bonds. The maximum Gasteiger partial charge on any atom is 0.342 e. The van der Waals surface area contributed by atoms with Gasteiger partial charge in [-0.25, -0.2) is 4.79 Å². The minimum absolute atomic E-state index is 0.136. The molecular weight excluding hydrogens is 270 g/mol. The van der Waals surface area contributed by atoms with E-state index in [1.165, 1.54) is 13.8 Å². The number of amides is 1. The number of ether oxygens (including phenoxy) is 1. The molecule has 2 atom stereocenters. The standard InChI is InChI=1S/C12H21NO7/c1-7(15)11(19)20-8(16)4-5-13-10(18)9(17)12(2,3)6-14/h7,9,14-15,17H,4-6H2,1-3H3,(H,13,18)/t7?,9-/m0/s1. The number of nitrogens with one attached hydrogen (secondary N) is 1. The van der Waals surface area contributed by atoms with Crippen LogP contribution in [0.2, 0.25) is 0 Å². The van der Waals surface area contributed by atoms with Crippen molar-refractivity contribution in [1.82, 2.24) is 5.32 Å². The highest BCUT2D eigenvalue weighted by Crippen LogP contribution is 2.19. The van der Waals surface area contributed by atoms with Crippen molar-refractivity contribution in [3.05, 3.63) is 0 Å². The van der Waals surface area contributed by atoms with Crippen molar-refractivity contribution >= 4 is 17.8 Å². The lowest BCUT2D eigenvalue weighted by Crippen LogP contribution is -2.46. The lowest BCUT2D eigenvalue weighted by atomic mass is 9.87. The van der Waals surface area contributed by atoms with Crippen LogP contribution in [-0.2, 0) is 19.1 Å². The largest absolute Gasteiger partial charge is 0.396 e. The van der Waals surface area contributed by atoms with Gasteiger partial charge in [-0.1, -0.05) is 13.8 Å². The summed E-state index contributed by atoms with van der Waals surface area (Å²) in [6.45, 7) is 3.65. The molecule has 0 saturated carbocycles. The van der Waals surface area contributed by atoms with Crippen molar-refractivity contribution in [2.45, 2.75) is 39.4 Å². The van der Waals surface area contributed by atoms with E-state index in [2.05, 4.69) is 10.1 Å². The van der Waals surface area contributed by atoms with Gasteiger partial charge < -0.3 is 25.4 Å². The molecule has 0 radical (unpaired) electrons. The maximum atomic E-state index is 11.5. The molecule has 0 aliphatic heterocycles. The number of hydrogen-bond donors (Lipinski definition) is 4. The van der Waals surface area contributed by atoms with Crippen LogP contribution in [0.5, 0.6) is 0 Å². The lowest BCUT2D eigenvalue weighted by molar-refractivity contribution is -0.165. The highest BCUT2D eigenvalue weighted by atomic mass is 16.6. The molecule has 4 N–H and O–H groups in total. The van der Waals surface area contributed by atoms with Crippen molar-refractivity contribution in [1.29, 1.82) is 0 Å². The summed E-state index contributed by atoms with van der Waals surface area (Å²) in [7, 11) is 0. The van der Waals surface area contributed by atoms with Gasteiger partial charge in [0, 0.05) is 12.0 Å². The van der Waals surface area contributed by atoms with E-state index >= 15 is 0 Å². The van der Waals surface area contributed by atoms with Crippen LogP contribution in [0.3, 0.4) is 0 Å². The Labute approximate surface area is 116 Å². The van der Waals surface area contributed by atoms with Crippen LogP contribution in [0.4, 0.5) is 0 Å².